The predicted octanol–water partition coefficient (Wildman–Crippen LogP) is 2.74. The largest absolute Gasteiger partial charge is 0.506 e. The van der Waals surface area contributed by atoms with Crippen LogP contribution in [0.3, 0.4) is 0 Å². The normalized spacial score (nSPS) is 20.6. The molecule has 0 bridgehead atoms. The number of morpholine rings is 1. The number of ether oxygens (including phenoxy) is 1. The first-order valence-corrected chi connectivity index (χ1v) is 6.63. The van der Waals surface area contributed by atoms with Crippen molar-refractivity contribution in [1.82, 2.24) is 5.32 Å². The summed E-state index contributed by atoms with van der Waals surface area (Å²) in [5.74, 6) is 0.340. The minimum Gasteiger partial charge on any atom is -0.506 e. The number of hydrogen-bond acceptors (Lipinski definition) is 3. The minimum absolute atomic E-state index is 0.0827. The lowest BCUT2D eigenvalue weighted by Crippen LogP contribution is -2.34. The molecule has 2 N–H and O–H groups in total. The van der Waals surface area contributed by atoms with E-state index in [1.54, 1.807) is 0 Å². The van der Waals surface area contributed by atoms with Gasteiger partial charge in [-0.3, -0.25) is 0 Å². The number of rotatable bonds is 1. The van der Waals surface area contributed by atoms with Crippen LogP contribution in [0.25, 0.3) is 0 Å². The number of benzene rings is 1. The van der Waals surface area contributed by atoms with E-state index in [1.807, 2.05) is 20.8 Å². The summed E-state index contributed by atoms with van der Waals surface area (Å²) in [7, 11) is 0. The third kappa shape index (κ3) is 2.21. The quantitative estimate of drug-likeness (QED) is 0.838. The molecule has 1 atom stereocenters. The Kier molecular flexibility index (Phi) is 3.76. The Balaban J connectivity index is 2.52. The van der Waals surface area contributed by atoms with Crippen LogP contribution in [0, 0.1) is 20.8 Å². The second-order valence-corrected chi connectivity index (χ2v) is 5.31. The van der Waals surface area contributed by atoms with Crippen LogP contribution < -0.4 is 5.32 Å². The first kappa shape index (κ1) is 12.9. The van der Waals surface area contributed by atoms with Gasteiger partial charge >= 0.3 is 0 Å². The zero-order valence-electron chi connectivity index (χ0n) is 10.4. The Morgan fingerprint density at radius 2 is 1.94 bits per heavy atom. The van der Waals surface area contributed by atoms with Crippen molar-refractivity contribution in [3.05, 3.63) is 26.7 Å². The van der Waals surface area contributed by atoms with Crippen LogP contribution in [0.2, 0.25) is 0 Å². The summed E-state index contributed by atoms with van der Waals surface area (Å²) in [4.78, 5) is 0. The lowest BCUT2D eigenvalue weighted by atomic mass is 9.93. The molecule has 0 aliphatic carbocycles. The summed E-state index contributed by atoms with van der Waals surface area (Å²) < 4.78 is 6.59. The van der Waals surface area contributed by atoms with Crippen molar-refractivity contribution in [2.75, 3.05) is 19.7 Å². The van der Waals surface area contributed by atoms with Crippen LogP contribution in [0.1, 0.15) is 28.4 Å². The average Bonchev–Trinajstić information content (AvgIpc) is 2.36. The molecule has 3 nitrogen and oxygen atoms in total. The van der Waals surface area contributed by atoms with E-state index in [0.29, 0.717) is 5.75 Å². The lowest BCUT2D eigenvalue weighted by molar-refractivity contribution is 0.0268. The van der Waals surface area contributed by atoms with Gasteiger partial charge in [0.15, 0.2) is 0 Å². The smallest absolute Gasteiger partial charge is 0.133 e. The van der Waals surface area contributed by atoms with E-state index < -0.39 is 0 Å². The van der Waals surface area contributed by atoms with Crippen molar-refractivity contribution < 1.29 is 9.84 Å². The van der Waals surface area contributed by atoms with Gasteiger partial charge in [-0.05, 0) is 59.0 Å². The van der Waals surface area contributed by atoms with Crippen LogP contribution >= 0.6 is 15.9 Å². The molecule has 1 aromatic carbocycles. The van der Waals surface area contributed by atoms with Crippen LogP contribution in [0.5, 0.6) is 5.75 Å². The third-order valence-corrected chi connectivity index (χ3v) is 4.48. The van der Waals surface area contributed by atoms with E-state index >= 15 is 0 Å². The maximum Gasteiger partial charge on any atom is 0.133 e. The van der Waals surface area contributed by atoms with Crippen molar-refractivity contribution in [3.8, 4) is 5.75 Å². The second kappa shape index (κ2) is 4.96. The summed E-state index contributed by atoms with van der Waals surface area (Å²) in [6.07, 6.45) is 0.0827. The average molecular weight is 300 g/mol. The van der Waals surface area contributed by atoms with Gasteiger partial charge in [0, 0.05) is 13.1 Å². The topological polar surface area (TPSA) is 41.5 Å². The van der Waals surface area contributed by atoms with Crippen molar-refractivity contribution in [1.29, 1.82) is 0 Å². The molecule has 0 amide bonds. The van der Waals surface area contributed by atoms with Crippen LogP contribution in [-0.4, -0.2) is 24.8 Å². The lowest BCUT2D eigenvalue weighted by Gasteiger charge is -2.28. The zero-order chi connectivity index (χ0) is 12.6. The maximum atomic E-state index is 9.99. The number of phenolic OH excluding ortho intramolecular Hbond substituents is 1. The fourth-order valence-corrected chi connectivity index (χ4v) is 2.87. The highest BCUT2D eigenvalue weighted by molar-refractivity contribution is 9.10. The zero-order valence-corrected chi connectivity index (χ0v) is 12.0. The van der Waals surface area contributed by atoms with Gasteiger partial charge in [-0.1, -0.05) is 0 Å². The van der Waals surface area contributed by atoms with Crippen molar-refractivity contribution >= 4 is 15.9 Å². The molecule has 0 aromatic heterocycles. The van der Waals surface area contributed by atoms with E-state index in [4.69, 9.17) is 4.74 Å². The Morgan fingerprint density at radius 3 is 2.53 bits per heavy atom. The van der Waals surface area contributed by atoms with Gasteiger partial charge in [0.2, 0.25) is 0 Å². The molecule has 1 aromatic rings. The molecule has 4 heteroatoms. The number of hydrogen-bond donors (Lipinski definition) is 2. The minimum atomic E-state index is 0.0827. The highest BCUT2D eigenvalue weighted by Crippen LogP contribution is 2.39. The number of aromatic hydroxyl groups is 1. The van der Waals surface area contributed by atoms with Crippen molar-refractivity contribution in [3.63, 3.8) is 0 Å². The molecule has 1 aliphatic heterocycles. The first-order chi connectivity index (χ1) is 8.04. The number of nitrogens with one attached hydrogen (secondary N) is 1. The van der Waals surface area contributed by atoms with E-state index in [0.717, 1.165) is 40.9 Å². The van der Waals surface area contributed by atoms with Crippen LogP contribution in [0.15, 0.2) is 4.47 Å². The van der Waals surface area contributed by atoms with Gasteiger partial charge in [0.25, 0.3) is 0 Å². The number of phenols is 1. The van der Waals surface area contributed by atoms with Gasteiger partial charge in [-0.25, -0.2) is 0 Å². The van der Waals surface area contributed by atoms with Gasteiger partial charge in [-0.15, -0.1) is 0 Å². The Bertz CT molecular complexity index is 411. The predicted molar refractivity (Wildman–Crippen MR) is 71.6 cm³/mol. The standard InChI is InChI=1S/C13H18BrNO2/c1-7-8(2)13(16)12(14)9(3)11(7)10-6-15-4-5-17-10/h10,15-16H,4-6H2,1-3H3. The fraction of sp³-hybridized carbons (Fsp3) is 0.538. The number of halogens is 1. The van der Waals surface area contributed by atoms with E-state index in [2.05, 4.69) is 21.2 Å². The van der Waals surface area contributed by atoms with E-state index in [9.17, 15) is 5.11 Å². The molecule has 1 unspecified atom stereocenters. The molecule has 1 aliphatic rings. The van der Waals surface area contributed by atoms with Gasteiger partial charge in [-0.2, -0.15) is 0 Å². The van der Waals surface area contributed by atoms with E-state index in [1.165, 1.54) is 5.56 Å². The van der Waals surface area contributed by atoms with Gasteiger partial charge in [0.05, 0.1) is 17.2 Å². The summed E-state index contributed by atoms with van der Waals surface area (Å²) in [6, 6.07) is 0. The van der Waals surface area contributed by atoms with Gasteiger partial charge < -0.3 is 15.2 Å². The SMILES string of the molecule is Cc1c(C)c(C2CNCCO2)c(C)c(Br)c1O. The Labute approximate surface area is 110 Å². The Hall–Kier alpha value is -0.580. The molecule has 1 heterocycles. The van der Waals surface area contributed by atoms with Crippen LogP contribution in [-0.2, 0) is 4.74 Å². The van der Waals surface area contributed by atoms with E-state index in [-0.39, 0.29) is 6.10 Å². The molecule has 0 saturated carbocycles. The van der Waals surface area contributed by atoms with Crippen LogP contribution in [0.4, 0.5) is 0 Å². The summed E-state index contributed by atoms with van der Waals surface area (Å²) in [5.41, 5.74) is 4.31. The van der Waals surface area contributed by atoms with Crippen molar-refractivity contribution in [2.45, 2.75) is 26.9 Å². The third-order valence-electron chi connectivity index (χ3n) is 3.51. The molecule has 1 saturated heterocycles. The highest BCUT2D eigenvalue weighted by Gasteiger charge is 2.24. The monoisotopic (exact) mass is 299 g/mol. The van der Waals surface area contributed by atoms with Crippen molar-refractivity contribution in [2.24, 2.45) is 0 Å². The molecule has 0 spiro atoms. The summed E-state index contributed by atoms with van der Waals surface area (Å²) in [6.45, 7) is 8.48. The summed E-state index contributed by atoms with van der Waals surface area (Å²) in [5, 5.41) is 13.3. The Morgan fingerprint density at radius 1 is 1.24 bits per heavy atom. The molecule has 2 rings (SSSR count). The molecule has 0 radical (unpaired) electrons. The summed E-state index contributed by atoms with van der Waals surface area (Å²) >= 11 is 3.46. The molecular formula is C13H18BrNO2. The molecule has 94 valence electrons. The molecular weight excluding hydrogens is 282 g/mol. The molecule has 17 heavy (non-hydrogen) atoms. The maximum absolute atomic E-state index is 9.99. The highest BCUT2D eigenvalue weighted by atomic mass is 79.9. The second-order valence-electron chi connectivity index (χ2n) is 4.51. The first-order valence-electron chi connectivity index (χ1n) is 5.84. The fourth-order valence-electron chi connectivity index (χ4n) is 2.36. The molecule has 1 fully saturated rings. The van der Waals surface area contributed by atoms with Gasteiger partial charge in [0.1, 0.15) is 5.75 Å².